The summed E-state index contributed by atoms with van der Waals surface area (Å²) in [6.07, 6.45) is -3.28. The second-order valence-corrected chi connectivity index (χ2v) is 7.52. The van der Waals surface area contributed by atoms with E-state index >= 15 is 0 Å². The minimum atomic E-state index is -4.58. The van der Waals surface area contributed by atoms with Gasteiger partial charge in [-0.05, 0) is 23.6 Å². The van der Waals surface area contributed by atoms with E-state index in [4.69, 9.17) is 16.3 Å². The van der Waals surface area contributed by atoms with Crippen LogP contribution in [0, 0.1) is 5.92 Å². The highest BCUT2D eigenvalue weighted by Crippen LogP contribution is 2.36. The second kappa shape index (κ2) is 8.81. The molecule has 1 aliphatic rings. The topological polar surface area (TPSA) is 73.7 Å². The number of methoxy groups -OCH3 is 2. The second-order valence-electron chi connectivity index (χ2n) is 7.11. The Morgan fingerprint density at radius 3 is 2.73 bits per heavy atom. The summed E-state index contributed by atoms with van der Waals surface area (Å²) in [6.45, 7) is -0.876. The van der Waals surface area contributed by atoms with Gasteiger partial charge in [-0.3, -0.25) is 14.3 Å². The number of ether oxygens (including phenoxy) is 2. The van der Waals surface area contributed by atoms with Crippen molar-refractivity contribution in [2.75, 3.05) is 27.4 Å². The molecule has 30 heavy (non-hydrogen) atoms. The van der Waals surface area contributed by atoms with Gasteiger partial charge in [0.05, 0.1) is 49.3 Å². The molecule has 164 valence electrons. The molecular weight excluding hydrogens is 427 g/mol. The maximum atomic E-state index is 13.2. The fourth-order valence-corrected chi connectivity index (χ4v) is 4.06. The summed E-state index contributed by atoms with van der Waals surface area (Å²) in [5, 5.41) is 5.23. The molecule has 7 nitrogen and oxygen atoms in total. The van der Waals surface area contributed by atoms with Crippen molar-refractivity contribution in [2.24, 2.45) is 5.92 Å². The highest BCUT2D eigenvalue weighted by Gasteiger charge is 2.39. The number of nitrogens with zero attached hydrogens (tertiary/aromatic N) is 3. The lowest BCUT2D eigenvalue weighted by molar-refractivity contribution is -0.165. The highest BCUT2D eigenvalue weighted by molar-refractivity contribution is 6.35. The zero-order chi connectivity index (χ0) is 22.1. The summed E-state index contributed by atoms with van der Waals surface area (Å²) in [5.41, 5.74) is 1.73. The van der Waals surface area contributed by atoms with E-state index < -0.39 is 30.5 Å². The van der Waals surface area contributed by atoms with Crippen LogP contribution in [-0.2, 0) is 38.6 Å². The Kier molecular flexibility index (Phi) is 6.56. The summed E-state index contributed by atoms with van der Waals surface area (Å²) >= 11 is 6.46. The third-order valence-electron chi connectivity index (χ3n) is 5.07. The maximum Gasteiger partial charge on any atom is 0.406 e. The van der Waals surface area contributed by atoms with Crippen LogP contribution in [-0.4, -0.2) is 60.1 Å². The minimum absolute atomic E-state index is 0.0799. The number of alkyl halides is 3. The van der Waals surface area contributed by atoms with Gasteiger partial charge in [0.1, 0.15) is 6.54 Å². The first-order valence-electron chi connectivity index (χ1n) is 9.21. The number of carbonyl (C=O) groups is 2. The van der Waals surface area contributed by atoms with Gasteiger partial charge >= 0.3 is 12.1 Å². The molecule has 0 N–H and O–H groups in total. The Bertz CT molecular complexity index is 961. The lowest BCUT2D eigenvalue weighted by atomic mass is 9.93. The van der Waals surface area contributed by atoms with Crippen LogP contribution in [0.5, 0.6) is 0 Å². The molecule has 1 amide bonds. The largest absolute Gasteiger partial charge is 0.469 e. The molecule has 3 rings (SSSR count). The fourth-order valence-electron chi connectivity index (χ4n) is 3.73. The normalized spacial score (nSPS) is 17.2. The van der Waals surface area contributed by atoms with Crippen molar-refractivity contribution >= 4 is 34.4 Å². The number of hydrogen-bond acceptors (Lipinski definition) is 5. The van der Waals surface area contributed by atoms with Crippen LogP contribution in [0.3, 0.4) is 0 Å². The van der Waals surface area contributed by atoms with Gasteiger partial charge in [0.2, 0.25) is 5.91 Å². The molecule has 0 spiro atoms. The molecule has 0 aliphatic carbocycles. The lowest BCUT2D eigenvalue weighted by Crippen LogP contribution is -2.41. The average Bonchev–Trinajstić information content (AvgIpc) is 3.05. The van der Waals surface area contributed by atoms with E-state index in [2.05, 4.69) is 9.84 Å². The predicted octanol–water partition coefficient (Wildman–Crippen LogP) is 2.96. The first kappa shape index (κ1) is 22.4. The number of amides is 1. The number of esters is 1. The fraction of sp³-hybridized carbons (Fsp3) is 0.526. The van der Waals surface area contributed by atoms with Gasteiger partial charge in [0.15, 0.2) is 0 Å². The molecule has 1 aromatic carbocycles. The number of aromatic nitrogens is 2. The number of benzene rings is 1. The summed E-state index contributed by atoms with van der Waals surface area (Å²) in [4.78, 5) is 25.4. The third kappa shape index (κ3) is 4.70. The monoisotopic (exact) mass is 447 g/mol. The molecule has 0 unspecified atom stereocenters. The van der Waals surface area contributed by atoms with E-state index in [9.17, 15) is 22.8 Å². The van der Waals surface area contributed by atoms with Crippen molar-refractivity contribution in [3.63, 3.8) is 0 Å². The number of hydrogen-bond donors (Lipinski definition) is 0. The summed E-state index contributed by atoms with van der Waals surface area (Å²) in [7, 11) is 2.71. The Labute approximate surface area is 175 Å². The van der Waals surface area contributed by atoms with Crippen LogP contribution in [0.25, 0.3) is 10.9 Å². The molecule has 2 aromatic rings. The SMILES string of the molecule is COCCn1ncc2c3c(cc(Cl)c21)C[C@@H](CC(=O)OC)C(=O)N(CC(F)(F)F)C3. The van der Waals surface area contributed by atoms with Crippen molar-refractivity contribution < 1.29 is 32.2 Å². The standard InChI is InChI=1S/C19H21ClF3N3O4/c1-29-4-3-26-17-13(8-24-26)14-9-25(10-19(21,22)23)18(28)12(7-16(27)30-2)5-11(14)6-15(17)20/h6,8,12H,3-5,7,9-10H2,1-2H3/t12-/m0/s1. The van der Waals surface area contributed by atoms with Crippen LogP contribution in [0.2, 0.25) is 5.02 Å². The average molecular weight is 448 g/mol. The van der Waals surface area contributed by atoms with Gasteiger partial charge in [-0.25, -0.2) is 0 Å². The Morgan fingerprint density at radius 1 is 1.37 bits per heavy atom. The van der Waals surface area contributed by atoms with Gasteiger partial charge < -0.3 is 14.4 Å². The predicted molar refractivity (Wildman–Crippen MR) is 102 cm³/mol. The van der Waals surface area contributed by atoms with Gasteiger partial charge in [-0.1, -0.05) is 11.6 Å². The van der Waals surface area contributed by atoms with E-state index in [1.54, 1.807) is 17.9 Å². The third-order valence-corrected chi connectivity index (χ3v) is 5.36. The van der Waals surface area contributed by atoms with Gasteiger partial charge in [0.25, 0.3) is 0 Å². The Morgan fingerprint density at radius 2 is 2.10 bits per heavy atom. The maximum absolute atomic E-state index is 13.2. The van der Waals surface area contributed by atoms with Crippen molar-refractivity contribution in [2.45, 2.75) is 32.1 Å². The minimum Gasteiger partial charge on any atom is -0.469 e. The molecule has 2 heterocycles. The zero-order valence-corrected chi connectivity index (χ0v) is 17.2. The Hall–Kier alpha value is -2.33. The van der Waals surface area contributed by atoms with E-state index in [0.717, 1.165) is 4.90 Å². The molecule has 0 saturated heterocycles. The molecule has 11 heteroatoms. The molecule has 1 atom stereocenters. The van der Waals surface area contributed by atoms with Crippen molar-refractivity contribution in [3.05, 3.63) is 28.4 Å². The van der Waals surface area contributed by atoms with E-state index in [1.165, 1.54) is 13.3 Å². The summed E-state index contributed by atoms with van der Waals surface area (Å²) in [5.74, 6) is -2.38. The van der Waals surface area contributed by atoms with Crippen LogP contribution >= 0.6 is 11.6 Å². The van der Waals surface area contributed by atoms with Crippen molar-refractivity contribution in [1.29, 1.82) is 0 Å². The molecule has 1 aromatic heterocycles. The van der Waals surface area contributed by atoms with Gasteiger partial charge in [-0.2, -0.15) is 18.3 Å². The van der Waals surface area contributed by atoms with Crippen LogP contribution < -0.4 is 0 Å². The van der Waals surface area contributed by atoms with E-state index in [-0.39, 0.29) is 19.4 Å². The number of carbonyl (C=O) groups excluding carboxylic acids is 2. The molecule has 1 aliphatic heterocycles. The zero-order valence-electron chi connectivity index (χ0n) is 16.5. The quantitative estimate of drug-likeness (QED) is 0.636. The van der Waals surface area contributed by atoms with Crippen LogP contribution in [0.15, 0.2) is 12.3 Å². The molecule has 0 bridgehead atoms. The van der Waals surface area contributed by atoms with Crippen molar-refractivity contribution in [1.82, 2.24) is 14.7 Å². The lowest BCUT2D eigenvalue weighted by Gasteiger charge is -2.25. The molecule has 0 saturated carbocycles. The Balaban J connectivity index is 2.09. The molecular formula is C19H21ClF3N3O4. The van der Waals surface area contributed by atoms with Crippen LogP contribution in [0.1, 0.15) is 17.5 Å². The summed E-state index contributed by atoms with van der Waals surface area (Å²) in [6, 6.07) is 1.64. The number of halogens is 4. The van der Waals surface area contributed by atoms with Crippen LogP contribution in [0.4, 0.5) is 13.2 Å². The smallest absolute Gasteiger partial charge is 0.406 e. The number of fused-ring (bicyclic) bond motifs is 3. The van der Waals surface area contributed by atoms with Gasteiger partial charge in [-0.15, -0.1) is 0 Å². The molecule has 0 fully saturated rings. The highest BCUT2D eigenvalue weighted by atomic mass is 35.5. The first-order valence-corrected chi connectivity index (χ1v) is 9.59. The molecule has 0 radical (unpaired) electrons. The van der Waals surface area contributed by atoms with E-state index in [0.29, 0.717) is 40.2 Å². The van der Waals surface area contributed by atoms with Gasteiger partial charge in [0, 0.05) is 19.0 Å². The van der Waals surface area contributed by atoms with E-state index in [1.807, 2.05) is 0 Å². The van der Waals surface area contributed by atoms with Crippen molar-refractivity contribution in [3.8, 4) is 0 Å². The first-order chi connectivity index (χ1) is 14.1. The summed E-state index contributed by atoms with van der Waals surface area (Å²) < 4.78 is 50.8. The number of rotatable bonds is 6.